The van der Waals surface area contributed by atoms with E-state index in [4.69, 9.17) is 16.3 Å². The molecule has 0 aliphatic carbocycles. The maximum absolute atomic E-state index is 9.52. The van der Waals surface area contributed by atoms with Crippen molar-refractivity contribution in [3.63, 3.8) is 0 Å². The molecule has 0 aromatic heterocycles. The molecule has 0 aliphatic heterocycles. The fourth-order valence-electron chi connectivity index (χ4n) is 1.81. The van der Waals surface area contributed by atoms with Crippen LogP contribution in [0.5, 0.6) is 0 Å². The van der Waals surface area contributed by atoms with E-state index in [1.165, 1.54) is 0 Å². The van der Waals surface area contributed by atoms with Crippen LogP contribution in [-0.2, 0) is 4.74 Å². The number of hydrogen-bond acceptors (Lipinski definition) is 3. The number of nitrogens with zero attached hydrogens (tertiary/aromatic N) is 1. The first-order valence-corrected chi connectivity index (χ1v) is 6.78. The third-order valence-corrected chi connectivity index (χ3v) is 3.19. The highest BCUT2D eigenvalue weighted by atomic mass is 35.5. The molecule has 0 bridgehead atoms. The molecule has 1 rings (SSSR count). The van der Waals surface area contributed by atoms with E-state index in [9.17, 15) is 5.11 Å². The minimum Gasteiger partial charge on any atom is -0.389 e. The molecular formula is C14H22ClNO2. The van der Waals surface area contributed by atoms with Gasteiger partial charge in [0.2, 0.25) is 0 Å². The molecule has 102 valence electrons. The van der Waals surface area contributed by atoms with Crippen LogP contribution >= 0.6 is 11.6 Å². The minimum absolute atomic E-state index is 0.491. The summed E-state index contributed by atoms with van der Waals surface area (Å²) in [6.45, 7) is 8.92. The number of ether oxygens (including phenoxy) is 1. The maximum atomic E-state index is 9.52. The van der Waals surface area contributed by atoms with Crippen LogP contribution in [0.2, 0.25) is 5.02 Å². The van der Waals surface area contributed by atoms with Gasteiger partial charge in [0.05, 0.1) is 23.4 Å². The molecule has 3 nitrogen and oxygen atoms in total. The topological polar surface area (TPSA) is 32.7 Å². The molecular weight excluding hydrogens is 250 g/mol. The van der Waals surface area contributed by atoms with Crippen LogP contribution < -0.4 is 4.90 Å². The zero-order chi connectivity index (χ0) is 13.5. The summed E-state index contributed by atoms with van der Waals surface area (Å²) in [6.07, 6.45) is -0.491. The van der Waals surface area contributed by atoms with E-state index in [2.05, 4.69) is 11.8 Å². The summed E-state index contributed by atoms with van der Waals surface area (Å²) in [5, 5.41) is 10.2. The van der Waals surface area contributed by atoms with Crippen LogP contribution in [0.15, 0.2) is 18.2 Å². The summed E-state index contributed by atoms with van der Waals surface area (Å²) < 4.78 is 5.36. The molecule has 1 aromatic carbocycles. The smallest absolute Gasteiger partial charge is 0.0762 e. The Balaban J connectivity index is 2.79. The molecule has 1 N–H and O–H groups in total. The number of halogens is 1. The van der Waals surface area contributed by atoms with E-state index < -0.39 is 6.10 Å². The molecule has 0 saturated carbocycles. The van der Waals surface area contributed by atoms with Crippen molar-refractivity contribution in [3.05, 3.63) is 28.8 Å². The van der Waals surface area contributed by atoms with Crippen molar-refractivity contribution in [1.82, 2.24) is 0 Å². The predicted molar refractivity (Wildman–Crippen MR) is 76.5 cm³/mol. The van der Waals surface area contributed by atoms with Crippen LogP contribution in [0.3, 0.4) is 0 Å². The molecule has 0 unspecified atom stereocenters. The Morgan fingerprint density at radius 3 is 2.61 bits per heavy atom. The Bertz CT molecular complexity index is 369. The third-order valence-electron chi connectivity index (χ3n) is 2.89. The van der Waals surface area contributed by atoms with Gasteiger partial charge in [-0.15, -0.1) is 0 Å². The molecule has 18 heavy (non-hydrogen) atoms. The number of anilines is 1. The molecule has 0 saturated heterocycles. The fourth-order valence-corrected chi connectivity index (χ4v) is 2.12. The number of hydrogen-bond donors (Lipinski definition) is 1. The maximum Gasteiger partial charge on any atom is 0.0762 e. The van der Waals surface area contributed by atoms with Gasteiger partial charge in [-0.05, 0) is 38.5 Å². The lowest BCUT2D eigenvalue weighted by atomic mass is 10.1. The van der Waals surface area contributed by atoms with Crippen molar-refractivity contribution < 1.29 is 9.84 Å². The van der Waals surface area contributed by atoms with Crippen LogP contribution in [0.25, 0.3) is 0 Å². The summed E-state index contributed by atoms with van der Waals surface area (Å²) in [5.74, 6) is 0. The van der Waals surface area contributed by atoms with Gasteiger partial charge in [0, 0.05) is 19.7 Å². The summed E-state index contributed by atoms with van der Waals surface area (Å²) in [7, 11) is 0. The monoisotopic (exact) mass is 271 g/mol. The van der Waals surface area contributed by atoms with E-state index >= 15 is 0 Å². The van der Waals surface area contributed by atoms with Crippen molar-refractivity contribution in [3.8, 4) is 0 Å². The van der Waals surface area contributed by atoms with Gasteiger partial charge in [-0.3, -0.25) is 0 Å². The number of benzene rings is 1. The van der Waals surface area contributed by atoms with Crippen molar-refractivity contribution in [2.24, 2.45) is 0 Å². The second-order valence-corrected chi connectivity index (χ2v) is 4.57. The highest BCUT2D eigenvalue weighted by Gasteiger charge is 2.10. The van der Waals surface area contributed by atoms with Gasteiger partial charge in [0.25, 0.3) is 0 Å². The van der Waals surface area contributed by atoms with Crippen LogP contribution in [0, 0.1) is 0 Å². The van der Waals surface area contributed by atoms with Crippen molar-refractivity contribution in [2.75, 3.05) is 31.2 Å². The Hall–Kier alpha value is -0.770. The van der Waals surface area contributed by atoms with Gasteiger partial charge in [-0.1, -0.05) is 17.7 Å². The molecule has 1 aromatic rings. The van der Waals surface area contributed by atoms with E-state index in [0.717, 1.165) is 30.9 Å². The van der Waals surface area contributed by atoms with Crippen molar-refractivity contribution in [1.29, 1.82) is 0 Å². The summed E-state index contributed by atoms with van der Waals surface area (Å²) in [4.78, 5) is 2.17. The van der Waals surface area contributed by atoms with Crippen LogP contribution in [0.4, 0.5) is 5.69 Å². The van der Waals surface area contributed by atoms with E-state index in [1.54, 1.807) is 6.92 Å². The van der Waals surface area contributed by atoms with Gasteiger partial charge in [-0.25, -0.2) is 0 Å². The molecule has 0 spiro atoms. The molecule has 0 fully saturated rings. The fraction of sp³-hybridized carbons (Fsp3) is 0.571. The first kappa shape index (κ1) is 15.3. The molecule has 4 heteroatoms. The largest absolute Gasteiger partial charge is 0.389 e. The van der Waals surface area contributed by atoms with Gasteiger partial charge in [0.1, 0.15) is 0 Å². The third kappa shape index (κ3) is 4.16. The molecule has 0 amide bonds. The van der Waals surface area contributed by atoms with Gasteiger partial charge < -0.3 is 14.7 Å². The van der Waals surface area contributed by atoms with Crippen LogP contribution in [0.1, 0.15) is 32.4 Å². The van der Waals surface area contributed by atoms with E-state index in [0.29, 0.717) is 11.6 Å². The molecule has 0 heterocycles. The Morgan fingerprint density at radius 2 is 2.11 bits per heavy atom. The highest BCUT2D eigenvalue weighted by Crippen LogP contribution is 2.28. The lowest BCUT2D eigenvalue weighted by Crippen LogP contribution is -2.27. The predicted octanol–water partition coefficient (Wildman–Crippen LogP) is 3.26. The molecule has 0 radical (unpaired) electrons. The van der Waals surface area contributed by atoms with E-state index in [-0.39, 0.29) is 0 Å². The van der Waals surface area contributed by atoms with Crippen molar-refractivity contribution in [2.45, 2.75) is 26.9 Å². The second kappa shape index (κ2) is 7.62. The zero-order valence-corrected chi connectivity index (χ0v) is 12.1. The quantitative estimate of drug-likeness (QED) is 0.773. The van der Waals surface area contributed by atoms with Gasteiger partial charge in [0.15, 0.2) is 0 Å². The Kier molecular flexibility index (Phi) is 6.47. The standard InChI is InChI=1S/C14H22ClNO2/c1-4-16(8-9-18-5-2)14-7-6-12(11(3)17)10-13(14)15/h6-7,10-11,17H,4-5,8-9H2,1-3H3/t11-/m0/s1. The van der Waals surface area contributed by atoms with E-state index in [1.807, 2.05) is 25.1 Å². The number of rotatable bonds is 7. The highest BCUT2D eigenvalue weighted by molar-refractivity contribution is 6.33. The molecule has 1 atom stereocenters. The SMILES string of the molecule is CCOCCN(CC)c1ccc([C@H](C)O)cc1Cl. The number of likely N-dealkylation sites (N-methyl/N-ethyl adjacent to an activating group) is 1. The summed E-state index contributed by atoms with van der Waals surface area (Å²) in [6, 6.07) is 5.69. The van der Waals surface area contributed by atoms with Gasteiger partial charge >= 0.3 is 0 Å². The number of aliphatic hydroxyl groups excluding tert-OH is 1. The normalized spacial score (nSPS) is 12.5. The first-order valence-electron chi connectivity index (χ1n) is 6.40. The number of aliphatic hydroxyl groups is 1. The summed E-state index contributed by atoms with van der Waals surface area (Å²) >= 11 is 6.27. The molecule has 0 aliphatic rings. The Morgan fingerprint density at radius 1 is 1.39 bits per heavy atom. The zero-order valence-electron chi connectivity index (χ0n) is 11.3. The van der Waals surface area contributed by atoms with Crippen molar-refractivity contribution >= 4 is 17.3 Å². The minimum atomic E-state index is -0.491. The average Bonchev–Trinajstić information content (AvgIpc) is 2.35. The average molecular weight is 272 g/mol. The lowest BCUT2D eigenvalue weighted by Gasteiger charge is -2.24. The van der Waals surface area contributed by atoms with Crippen LogP contribution in [-0.4, -0.2) is 31.4 Å². The second-order valence-electron chi connectivity index (χ2n) is 4.16. The lowest BCUT2D eigenvalue weighted by molar-refractivity contribution is 0.154. The summed E-state index contributed by atoms with van der Waals surface area (Å²) in [5.41, 5.74) is 1.83. The first-order chi connectivity index (χ1) is 8.60. The van der Waals surface area contributed by atoms with Gasteiger partial charge in [-0.2, -0.15) is 0 Å². The Labute approximate surface area is 114 Å².